The second kappa shape index (κ2) is 12.1. The molecule has 2 aromatic heterocycles. The van der Waals surface area contributed by atoms with Crippen molar-refractivity contribution in [1.29, 1.82) is 0 Å². The first-order chi connectivity index (χ1) is 20.2. The predicted octanol–water partition coefficient (Wildman–Crippen LogP) is 4.81. The monoisotopic (exact) mass is 604 g/mol. The first-order valence-corrected chi connectivity index (χ1v) is 13.9. The van der Waals surface area contributed by atoms with Gasteiger partial charge in [0.1, 0.15) is 18.1 Å². The Bertz CT molecular complexity index is 1920. The molecular weight excluding hydrogens is 580 g/mol. The zero-order chi connectivity index (χ0) is 30.0. The highest BCUT2D eigenvalue weighted by molar-refractivity contribution is 7.07. The minimum absolute atomic E-state index is 0.0179. The Morgan fingerprint density at radius 2 is 1.90 bits per heavy atom. The number of benzene rings is 2. The molecule has 11 heteroatoms. The van der Waals surface area contributed by atoms with E-state index in [9.17, 15) is 14.4 Å². The zero-order valence-electron chi connectivity index (χ0n) is 22.9. The Balaban J connectivity index is 1.64. The van der Waals surface area contributed by atoms with Gasteiger partial charge in [-0.1, -0.05) is 41.7 Å². The van der Waals surface area contributed by atoms with E-state index in [1.54, 1.807) is 49.4 Å². The van der Waals surface area contributed by atoms with Gasteiger partial charge in [-0.15, -0.1) is 0 Å². The van der Waals surface area contributed by atoms with Crippen LogP contribution in [0.2, 0.25) is 5.02 Å². The molecule has 42 heavy (non-hydrogen) atoms. The van der Waals surface area contributed by atoms with Crippen LogP contribution in [0.3, 0.4) is 0 Å². The SMILES string of the molecule is C=CCOC(=O)C1=C(C)N=c2sc(=Cc3ccc(-c4ccc(Cl)cc4)o3)c(=O)n2C1c1ccc(OC(C)=O)c(OC)c1. The van der Waals surface area contributed by atoms with Gasteiger partial charge in [0.05, 0.1) is 29.0 Å². The molecule has 4 aromatic rings. The quantitative estimate of drug-likeness (QED) is 0.161. The summed E-state index contributed by atoms with van der Waals surface area (Å²) >= 11 is 7.17. The largest absolute Gasteiger partial charge is 0.493 e. The van der Waals surface area contributed by atoms with Crippen LogP contribution in [0.1, 0.15) is 31.2 Å². The highest BCUT2D eigenvalue weighted by Gasteiger charge is 2.34. The normalized spacial score (nSPS) is 14.7. The number of nitrogens with zero attached hydrogens (tertiary/aromatic N) is 2. The fraction of sp³-hybridized carbons (Fsp3) is 0.161. The first kappa shape index (κ1) is 28.8. The van der Waals surface area contributed by atoms with Gasteiger partial charge in [0.25, 0.3) is 5.56 Å². The summed E-state index contributed by atoms with van der Waals surface area (Å²) < 4.78 is 23.9. The number of hydrogen-bond donors (Lipinski definition) is 0. The lowest BCUT2D eigenvalue weighted by Gasteiger charge is -2.25. The van der Waals surface area contributed by atoms with E-state index in [1.807, 2.05) is 18.2 Å². The summed E-state index contributed by atoms with van der Waals surface area (Å²) in [4.78, 5) is 43.7. The van der Waals surface area contributed by atoms with Gasteiger partial charge in [0.2, 0.25) is 0 Å². The highest BCUT2D eigenvalue weighted by Crippen LogP contribution is 2.36. The number of aromatic nitrogens is 1. The molecule has 1 unspecified atom stereocenters. The molecule has 0 spiro atoms. The summed E-state index contributed by atoms with van der Waals surface area (Å²) in [7, 11) is 1.43. The lowest BCUT2D eigenvalue weighted by Crippen LogP contribution is -2.40. The Labute approximate surface area is 249 Å². The molecule has 0 saturated heterocycles. The van der Waals surface area contributed by atoms with Crippen molar-refractivity contribution in [2.24, 2.45) is 4.99 Å². The zero-order valence-corrected chi connectivity index (χ0v) is 24.5. The average Bonchev–Trinajstić information content (AvgIpc) is 3.55. The van der Waals surface area contributed by atoms with Crippen LogP contribution in [0.15, 0.2) is 92.7 Å². The van der Waals surface area contributed by atoms with Crippen LogP contribution in [0.5, 0.6) is 11.5 Å². The number of ether oxygens (including phenoxy) is 3. The lowest BCUT2D eigenvalue weighted by molar-refractivity contribution is -0.138. The van der Waals surface area contributed by atoms with E-state index in [-0.39, 0.29) is 29.2 Å². The van der Waals surface area contributed by atoms with E-state index in [0.29, 0.717) is 37.1 Å². The molecule has 0 bridgehead atoms. The number of carbonyl (C=O) groups is 2. The van der Waals surface area contributed by atoms with Crippen LogP contribution in [-0.4, -0.2) is 30.2 Å². The third-order valence-corrected chi connectivity index (χ3v) is 7.59. The van der Waals surface area contributed by atoms with E-state index >= 15 is 0 Å². The van der Waals surface area contributed by atoms with Crippen molar-refractivity contribution in [3.05, 3.63) is 115 Å². The fourth-order valence-electron chi connectivity index (χ4n) is 4.53. The van der Waals surface area contributed by atoms with Gasteiger partial charge in [0.15, 0.2) is 16.3 Å². The fourth-order valence-corrected chi connectivity index (χ4v) is 5.69. The number of thiazole rings is 1. The van der Waals surface area contributed by atoms with Crippen molar-refractivity contribution < 1.29 is 28.2 Å². The number of esters is 2. The molecule has 1 aliphatic heterocycles. The second-order valence-electron chi connectivity index (χ2n) is 9.18. The van der Waals surface area contributed by atoms with Crippen molar-refractivity contribution in [1.82, 2.24) is 4.57 Å². The number of methoxy groups -OCH3 is 1. The Morgan fingerprint density at radius 3 is 2.60 bits per heavy atom. The van der Waals surface area contributed by atoms with Crippen molar-refractivity contribution in [3.63, 3.8) is 0 Å². The van der Waals surface area contributed by atoms with E-state index < -0.39 is 18.0 Å². The number of rotatable bonds is 8. The first-order valence-electron chi connectivity index (χ1n) is 12.7. The smallest absolute Gasteiger partial charge is 0.338 e. The summed E-state index contributed by atoms with van der Waals surface area (Å²) in [5, 5.41) is 0.614. The van der Waals surface area contributed by atoms with Crippen LogP contribution < -0.4 is 24.4 Å². The van der Waals surface area contributed by atoms with Crippen LogP contribution >= 0.6 is 22.9 Å². The average molecular weight is 605 g/mol. The summed E-state index contributed by atoms with van der Waals surface area (Å²) in [6.07, 6.45) is 3.09. The maximum absolute atomic E-state index is 13.9. The predicted molar refractivity (Wildman–Crippen MR) is 158 cm³/mol. The number of allylic oxidation sites excluding steroid dienone is 1. The molecule has 0 amide bonds. The molecule has 214 valence electrons. The van der Waals surface area contributed by atoms with Gasteiger partial charge in [-0.2, -0.15) is 0 Å². The van der Waals surface area contributed by atoms with E-state index in [4.69, 9.17) is 30.2 Å². The molecule has 2 aromatic carbocycles. The number of halogens is 1. The maximum Gasteiger partial charge on any atom is 0.338 e. The standard InChI is InChI=1S/C31H25ClN2O7S/c1-5-14-39-30(37)27-17(2)33-31-34(28(27)20-8-12-24(40-18(3)35)25(15-20)38-4)29(36)26(42-31)16-22-11-13-23(41-22)19-6-9-21(32)10-7-19/h5-13,15-16,28H,1,14H2,2-4H3. The Kier molecular flexibility index (Phi) is 8.28. The number of hydrogen-bond acceptors (Lipinski definition) is 9. The molecular formula is C31H25ClN2O7S. The Hall–Kier alpha value is -4.67. The van der Waals surface area contributed by atoms with Crippen molar-refractivity contribution in [2.45, 2.75) is 19.9 Å². The van der Waals surface area contributed by atoms with Gasteiger partial charge >= 0.3 is 11.9 Å². The summed E-state index contributed by atoms with van der Waals surface area (Å²) in [6.45, 7) is 6.55. The van der Waals surface area contributed by atoms with Crippen LogP contribution in [-0.2, 0) is 14.3 Å². The van der Waals surface area contributed by atoms with Gasteiger partial charge < -0.3 is 18.6 Å². The molecule has 0 fully saturated rings. The van der Waals surface area contributed by atoms with E-state index in [1.165, 1.54) is 36.0 Å². The highest BCUT2D eigenvalue weighted by atomic mass is 35.5. The number of furan rings is 1. The van der Waals surface area contributed by atoms with Crippen molar-refractivity contribution in [2.75, 3.05) is 13.7 Å². The van der Waals surface area contributed by atoms with Gasteiger partial charge in [0, 0.05) is 23.6 Å². The van der Waals surface area contributed by atoms with Crippen LogP contribution in [0.4, 0.5) is 0 Å². The van der Waals surface area contributed by atoms with E-state index in [2.05, 4.69) is 11.6 Å². The van der Waals surface area contributed by atoms with Gasteiger partial charge in [-0.05, 0) is 61.0 Å². The molecule has 0 saturated carbocycles. The molecule has 0 aliphatic carbocycles. The molecule has 0 radical (unpaired) electrons. The van der Waals surface area contributed by atoms with Crippen LogP contribution in [0.25, 0.3) is 17.4 Å². The lowest BCUT2D eigenvalue weighted by atomic mass is 9.95. The third-order valence-electron chi connectivity index (χ3n) is 6.36. The van der Waals surface area contributed by atoms with Gasteiger partial charge in [-0.25, -0.2) is 9.79 Å². The van der Waals surface area contributed by atoms with Gasteiger partial charge in [-0.3, -0.25) is 14.2 Å². The second-order valence-corrected chi connectivity index (χ2v) is 10.6. The van der Waals surface area contributed by atoms with Crippen LogP contribution in [0, 0.1) is 0 Å². The Morgan fingerprint density at radius 1 is 1.14 bits per heavy atom. The third kappa shape index (κ3) is 5.72. The minimum Gasteiger partial charge on any atom is -0.493 e. The molecule has 0 N–H and O–H groups in total. The molecule has 3 heterocycles. The molecule has 1 atom stereocenters. The topological polar surface area (TPSA) is 109 Å². The molecule has 9 nitrogen and oxygen atoms in total. The summed E-state index contributed by atoms with van der Waals surface area (Å²) in [5.41, 5.74) is 1.56. The van der Waals surface area contributed by atoms with E-state index in [0.717, 1.165) is 5.56 Å². The molecule has 5 rings (SSSR count). The number of carbonyl (C=O) groups excluding carboxylic acids is 2. The van der Waals surface area contributed by atoms with Crippen molar-refractivity contribution in [3.8, 4) is 22.8 Å². The maximum atomic E-state index is 13.9. The minimum atomic E-state index is -0.901. The number of fused-ring (bicyclic) bond motifs is 1. The summed E-state index contributed by atoms with van der Waals surface area (Å²) in [5.74, 6) is 0.380. The molecule has 1 aliphatic rings. The van der Waals surface area contributed by atoms with Crippen molar-refractivity contribution >= 4 is 41.0 Å². The summed E-state index contributed by atoms with van der Waals surface area (Å²) in [6, 6.07) is 14.7.